The Labute approximate surface area is 114 Å². The predicted octanol–water partition coefficient (Wildman–Crippen LogP) is 0.543. The third-order valence-electron chi connectivity index (χ3n) is 3.26. The van der Waals surface area contributed by atoms with E-state index >= 15 is 0 Å². The molecular formula is C13H14N2O5. The molecule has 1 aromatic carbocycles. The SMILES string of the molecule is Nc1cccc2c1C(=O)N(C(CC(=O)O)CC(=O)O)C2. The fourth-order valence-corrected chi connectivity index (χ4v) is 2.40. The summed E-state index contributed by atoms with van der Waals surface area (Å²) in [5.74, 6) is -2.70. The minimum Gasteiger partial charge on any atom is -0.481 e. The molecule has 7 nitrogen and oxygen atoms in total. The molecule has 4 N–H and O–H groups in total. The first kappa shape index (κ1) is 13.9. The van der Waals surface area contributed by atoms with Crippen molar-refractivity contribution in [2.75, 3.05) is 5.73 Å². The van der Waals surface area contributed by atoms with Gasteiger partial charge in [-0.05, 0) is 11.6 Å². The van der Waals surface area contributed by atoms with Crippen molar-refractivity contribution in [1.29, 1.82) is 0 Å². The van der Waals surface area contributed by atoms with Crippen molar-refractivity contribution < 1.29 is 24.6 Å². The summed E-state index contributed by atoms with van der Waals surface area (Å²) in [6.45, 7) is 0.185. The Morgan fingerprint density at radius 1 is 1.25 bits per heavy atom. The van der Waals surface area contributed by atoms with Gasteiger partial charge in [-0.1, -0.05) is 12.1 Å². The van der Waals surface area contributed by atoms with Crippen molar-refractivity contribution in [3.63, 3.8) is 0 Å². The highest BCUT2D eigenvalue weighted by atomic mass is 16.4. The first-order valence-electron chi connectivity index (χ1n) is 6.02. The number of fused-ring (bicyclic) bond motifs is 1. The standard InChI is InChI=1S/C13H14N2O5/c14-9-3-1-2-7-6-15(13(20)12(7)9)8(4-10(16)17)5-11(18)19/h1-3,8H,4-6,14H2,(H,16,17)(H,18,19). The van der Waals surface area contributed by atoms with E-state index in [4.69, 9.17) is 15.9 Å². The Bertz CT molecular complexity index is 568. The molecule has 0 aliphatic carbocycles. The number of amides is 1. The van der Waals surface area contributed by atoms with Gasteiger partial charge in [0.05, 0.1) is 24.4 Å². The molecular weight excluding hydrogens is 264 g/mol. The lowest BCUT2D eigenvalue weighted by Gasteiger charge is -2.25. The maximum atomic E-state index is 12.3. The van der Waals surface area contributed by atoms with Gasteiger partial charge in [0, 0.05) is 12.2 Å². The van der Waals surface area contributed by atoms with Gasteiger partial charge in [-0.15, -0.1) is 0 Å². The number of nitrogen functional groups attached to an aromatic ring is 1. The average molecular weight is 278 g/mol. The van der Waals surface area contributed by atoms with Gasteiger partial charge in [0.1, 0.15) is 0 Å². The van der Waals surface area contributed by atoms with Crippen molar-refractivity contribution in [3.05, 3.63) is 29.3 Å². The molecule has 7 heteroatoms. The zero-order valence-corrected chi connectivity index (χ0v) is 10.6. The molecule has 2 rings (SSSR count). The Morgan fingerprint density at radius 2 is 1.85 bits per heavy atom. The smallest absolute Gasteiger partial charge is 0.305 e. The molecule has 1 aromatic rings. The van der Waals surface area contributed by atoms with Crippen LogP contribution in [0.15, 0.2) is 18.2 Å². The lowest BCUT2D eigenvalue weighted by molar-refractivity contribution is -0.140. The quantitative estimate of drug-likeness (QED) is 0.676. The van der Waals surface area contributed by atoms with Crippen LogP contribution >= 0.6 is 0 Å². The Morgan fingerprint density at radius 3 is 2.35 bits per heavy atom. The number of nitrogens with two attached hydrogens (primary N) is 1. The lowest BCUT2D eigenvalue weighted by Crippen LogP contribution is -2.38. The summed E-state index contributed by atoms with van der Waals surface area (Å²) in [4.78, 5) is 35.2. The van der Waals surface area contributed by atoms with Gasteiger partial charge in [0.2, 0.25) is 0 Å². The third-order valence-corrected chi connectivity index (χ3v) is 3.26. The van der Waals surface area contributed by atoms with Crippen molar-refractivity contribution >= 4 is 23.5 Å². The Hall–Kier alpha value is -2.57. The maximum Gasteiger partial charge on any atom is 0.305 e. The number of hydrogen-bond acceptors (Lipinski definition) is 4. The van der Waals surface area contributed by atoms with Gasteiger partial charge >= 0.3 is 11.9 Å². The highest BCUT2D eigenvalue weighted by Gasteiger charge is 2.35. The molecule has 0 aromatic heterocycles. The van der Waals surface area contributed by atoms with Crippen LogP contribution in [-0.4, -0.2) is 39.0 Å². The number of hydrogen-bond donors (Lipinski definition) is 3. The van der Waals surface area contributed by atoms with Crippen molar-refractivity contribution in [3.8, 4) is 0 Å². The summed E-state index contributed by atoms with van der Waals surface area (Å²) in [6, 6.07) is 4.13. The molecule has 0 fully saturated rings. The van der Waals surface area contributed by atoms with Crippen LogP contribution in [0.4, 0.5) is 5.69 Å². The van der Waals surface area contributed by atoms with E-state index in [9.17, 15) is 14.4 Å². The van der Waals surface area contributed by atoms with Crippen LogP contribution in [0.5, 0.6) is 0 Å². The van der Waals surface area contributed by atoms with E-state index in [-0.39, 0.29) is 6.54 Å². The summed E-state index contributed by atoms with van der Waals surface area (Å²) in [5.41, 5.74) is 7.10. The van der Waals surface area contributed by atoms with Crippen LogP contribution in [0, 0.1) is 0 Å². The monoisotopic (exact) mass is 278 g/mol. The number of anilines is 1. The summed E-state index contributed by atoms with van der Waals surface area (Å²) < 4.78 is 0. The fraction of sp³-hybridized carbons (Fsp3) is 0.308. The number of carbonyl (C=O) groups excluding carboxylic acids is 1. The molecule has 1 aliphatic rings. The van der Waals surface area contributed by atoms with Gasteiger partial charge in [0.25, 0.3) is 5.91 Å². The van der Waals surface area contributed by atoms with Crippen LogP contribution in [0.3, 0.4) is 0 Å². The second-order valence-electron chi connectivity index (χ2n) is 4.66. The average Bonchev–Trinajstić information content (AvgIpc) is 2.66. The molecule has 0 saturated carbocycles. The van der Waals surface area contributed by atoms with Crippen molar-refractivity contribution in [2.45, 2.75) is 25.4 Å². The van der Waals surface area contributed by atoms with E-state index < -0.39 is 36.7 Å². The normalized spacial score (nSPS) is 13.7. The first-order chi connectivity index (χ1) is 9.40. The Balaban J connectivity index is 2.29. The van der Waals surface area contributed by atoms with Crippen LogP contribution in [-0.2, 0) is 16.1 Å². The zero-order valence-electron chi connectivity index (χ0n) is 10.6. The molecule has 0 bridgehead atoms. The predicted molar refractivity (Wildman–Crippen MR) is 69.0 cm³/mol. The summed E-state index contributed by atoms with van der Waals surface area (Å²) in [5, 5.41) is 17.7. The molecule has 1 aliphatic heterocycles. The Kier molecular flexibility index (Phi) is 3.60. The number of aliphatic carboxylic acids is 2. The molecule has 20 heavy (non-hydrogen) atoms. The number of carboxylic acid groups (broad SMARTS) is 2. The number of nitrogens with zero attached hydrogens (tertiary/aromatic N) is 1. The van der Waals surface area contributed by atoms with Crippen molar-refractivity contribution in [1.82, 2.24) is 4.90 Å². The van der Waals surface area contributed by atoms with Gasteiger partial charge in [-0.3, -0.25) is 14.4 Å². The number of carboxylic acids is 2. The first-order valence-corrected chi connectivity index (χ1v) is 6.02. The minimum atomic E-state index is -1.15. The van der Waals surface area contributed by atoms with Gasteiger partial charge in [-0.2, -0.15) is 0 Å². The molecule has 106 valence electrons. The van der Waals surface area contributed by atoms with Crippen LogP contribution < -0.4 is 5.73 Å². The fourth-order valence-electron chi connectivity index (χ4n) is 2.40. The van der Waals surface area contributed by atoms with Crippen molar-refractivity contribution in [2.24, 2.45) is 0 Å². The van der Waals surface area contributed by atoms with Gasteiger partial charge < -0.3 is 20.8 Å². The number of rotatable bonds is 5. The largest absolute Gasteiger partial charge is 0.481 e. The third kappa shape index (κ3) is 2.56. The molecule has 0 unspecified atom stereocenters. The van der Waals surface area contributed by atoms with E-state index in [1.807, 2.05) is 0 Å². The summed E-state index contributed by atoms with van der Waals surface area (Å²) in [7, 11) is 0. The van der Waals surface area contributed by atoms with Crippen LogP contribution in [0.25, 0.3) is 0 Å². The van der Waals surface area contributed by atoms with E-state index in [1.54, 1.807) is 18.2 Å². The highest BCUT2D eigenvalue weighted by Crippen LogP contribution is 2.30. The summed E-state index contributed by atoms with van der Waals surface area (Å²) >= 11 is 0. The maximum absolute atomic E-state index is 12.3. The lowest BCUT2D eigenvalue weighted by atomic mass is 10.1. The van der Waals surface area contributed by atoms with E-state index in [0.29, 0.717) is 16.8 Å². The molecule has 0 saturated heterocycles. The molecule has 0 atom stereocenters. The second kappa shape index (κ2) is 5.20. The van der Waals surface area contributed by atoms with Gasteiger partial charge in [-0.25, -0.2) is 0 Å². The molecule has 0 radical (unpaired) electrons. The molecule has 0 spiro atoms. The van der Waals surface area contributed by atoms with Crippen LogP contribution in [0.2, 0.25) is 0 Å². The minimum absolute atomic E-state index is 0.185. The zero-order chi connectivity index (χ0) is 14.9. The molecule has 1 amide bonds. The van der Waals surface area contributed by atoms with Gasteiger partial charge in [0.15, 0.2) is 0 Å². The summed E-state index contributed by atoms with van der Waals surface area (Å²) in [6.07, 6.45) is -0.822. The van der Waals surface area contributed by atoms with Crippen LogP contribution in [0.1, 0.15) is 28.8 Å². The van der Waals surface area contributed by atoms with E-state index in [2.05, 4.69) is 0 Å². The number of carbonyl (C=O) groups is 3. The molecule has 1 heterocycles. The highest BCUT2D eigenvalue weighted by molar-refractivity contribution is 6.03. The van der Waals surface area contributed by atoms with E-state index in [0.717, 1.165) is 0 Å². The topological polar surface area (TPSA) is 121 Å². The number of benzene rings is 1. The second-order valence-corrected chi connectivity index (χ2v) is 4.66. The van der Waals surface area contributed by atoms with E-state index in [1.165, 1.54) is 4.90 Å².